The number of hydrogen-bond donors (Lipinski definition) is 2. The minimum atomic E-state index is -2.49. The molecule has 0 aliphatic rings. The third-order valence-corrected chi connectivity index (χ3v) is 5.11. The fraction of sp³-hybridized carbons (Fsp3) is 0.667. The van der Waals surface area contributed by atoms with Crippen LogP contribution in [0.1, 0.15) is 94.9 Å². The number of carbonyl (C=O) groups excluding carboxylic acids is 6. The summed E-state index contributed by atoms with van der Waals surface area (Å²) in [5.74, 6) is -8.67. The number of aliphatic carboxylic acids is 2. The van der Waals surface area contributed by atoms with Crippen molar-refractivity contribution in [1.82, 2.24) is 0 Å². The predicted molar refractivity (Wildman–Crippen MR) is 125 cm³/mol. The zero-order valence-corrected chi connectivity index (χ0v) is 19.4. The maximum Gasteiger partial charge on any atom is 0.332 e. The number of unbranched alkanes of at least 4 members (excludes halogenated alkanes) is 2. The lowest BCUT2D eigenvalue weighted by Crippen LogP contribution is -2.50. The molecule has 0 spiro atoms. The van der Waals surface area contributed by atoms with Gasteiger partial charge in [0, 0.05) is 12.8 Å². The zero-order valence-electron chi connectivity index (χ0n) is 19.4. The van der Waals surface area contributed by atoms with Crippen LogP contribution >= 0.6 is 0 Å². The van der Waals surface area contributed by atoms with E-state index in [1.165, 1.54) is 0 Å². The Labute approximate surface area is 201 Å². The summed E-state index contributed by atoms with van der Waals surface area (Å²) in [5, 5.41) is 17.9. The van der Waals surface area contributed by atoms with E-state index in [0.717, 1.165) is 27.7 Å². The highest BCUT2D eigenvalue weighted by molar-refractivity contribution is 6.37. The minimum Gasteiger partial charge on any atom is -0.480 e. The average molecular weight is 489 g/mol. The predicted octanol–water partition coefficient (Wildman–Crippen LogP) is 3.26. The summed E-state index contributed by atoms with van der Waals surface area (Å²) in [6.45, 7) is 7.49. The molecule has 0 bridgehead atoms. The fourth-order valence-corrected chi connectivity index (χ4v) is 3.17. The van der Waals surface area contributed by atoms with Crippen LogP contribution in [0.4, 0.5) is 0 Å². The molecule has 0 rings (SSSR count). The Kier molecular flexibility index (Phi) is 18.6. The summed E-state index contributed by atoms with van der Waals surface area (Å²) in [7, 11) is 0. The van der Waals surface area contributed by atoms with Crippen LogP contribution in [0.3, 0.4) is 0 Å². The van der Waals surface area contributed by atoms with Crippen molar-refractivity contribution in [2.75, 3.05) is 0 Å². The van der Waals surface area contributed by atoms with Gasteiger partial charge in [0.05, 0.1) is 0 Å². The van der Waals surface area contributed by atoms with E-state index in [2.05, 4.69) is 0 Å². The molecule has 34 heavy (non-hydrogen) atoms. The molecule has 10 heteroatoms. The number of carbonyl (C=O) groups is 8. The molecule has 0 aliphatic carbocycles. The molecular formula is C24H40O10. The van der Waals surface area contributed by atoms with Gasteiger partial charge < -0.3 is 10.2 Å². The van der Waals surface area contributed by atoms with E-state index in [-0.39, 0.29) is 27.7 Å². The monoisotopic (exact) mass is 488 g/mol. The highest BCUT2D eigenvalue weighted by atomic mass is 16.4. The quantitative estimate of drug-likeness (QED) is 0.345. The summed E-state index contributed by atoms with van der Waals surface area (Å²) >= 11 is 0. The lowest BCUT2D eigenvalue weighted by atomic mass is 9.75. The molecule has 0 atom stereocenters. The van der Waals surface area contributed by atoms with Crippen LogP contribution in [0, 0.1) is 10.8 Å². The van der Waals surface area contributed by atoms with Gasteiger partial charge in [0.1, 0.15) is 0 Å². The first-order valence-corrected chi connectivity index (χ1v) is 10.2. The smallest absolute Gasteiger partial charge is 0.332 e. The molecular weight excluding hydrogens is 448 g/mol. The highest BCUT2D eigenvalue weighted by Crippen LogP contribution is 2.26. The number of hydrogen-bond acceptors (Lipinski definition) is 8. The van der Waals surface area contributed by atoms with E-state index in [9.17, 15) is 38.4 Å². The third-order valence-electron chi connectivity index (χ3n) is 5.11. The van der Waals surface area contributed by atoms with Gasteiger partial charge in [-0.3, -0.25) is 38.4 Å². The zero-order chi connectivity index (χ0) is 25.9. The second-order valence-corrected chi connectivity index (χ2v) is 7.39. The van der Waals surface area contributed by atoms with Crippen molar-refractivity contribution >= 4 is 46.6 Å². The van der Waals surface area contributed by atoms with Gasteiger partial charge in [0.2, 0.25) is 10.8 Å². The molecule has 0 amide bonds. The van der Waals surface area contributed by atoms with Crippen molar-refractivity contribution in [3.8, 4) is 0 Å². The SMILES string of the molecule is C.C.CCCCC(=O)C(C(C)=O)(C(C)=O)C(=O)O.CCCCC(=O)C(C(C)=O)(C(C)=O)C(=O)O. The highest BCUT2D eigenvalue weighted by Gasteiger charge is 2.55. The molecule has 0 aliphatic heterocycles. The average Bonchev–Trinajstić information content (AvgIpc) is 2.64. The van der Waals surface area contributed by atoms with Crippen molar-refractivity contribution < 1.29 is 48.6 Å². The van der Waals surface area contributed by atoms with Crippen LogP contribution < -0.4 is 0 Å². The molecule has 10 nitrogen and oxygen atoms in total. The summed E-state index contributed by atoms with van der Waals surface area (Å²) < 4.78 is 0. The maximum absolute atomic E-state index is 11.7. The van der Waals surface area contributed by atoms with Crippen LogP contribution in [-0.4, -0.2) is 56.9 Å². The lowest BCUT2D eigenvalue weighted by Gasteiger charge is -2.21. The number of Topliss-reactive ketones (excluding diaryl/α,β-unsaturated/α-hetero) is 6. The lowest BCUT2D eigenvalue weighted by molar-refractivity contribution is -0.166. The number of carboxylic acid groups (broad SMARTS) is 2. The first kappa shape index (κ1) is 38.2. The first-order chi connectivity index (χ1) is 14.6. The molecule has 0 aromatic rings. The van der Waals surface area contributed by atoms with Crippen molar-refractivity contribution in [1.29, 1.82) is 0 Å². The summed E-state index contributed by atoms with van der Waals surface area (Å²) in [6.07, 6.45) is 2.18. The molecule has 0 unspecified atom stereocenters. The minimum absolute atomic E-state index is 0. The number of rotatable bonds is 14. The van der Waals surface area contributed by atoms with Gasteiger partial charge in [0.15, 0.2) is 34.7 Å². The van der Waals surface area contributed by atoms with Crippen molar-refractivity contribution in [3.63, 3.8) is 0 Å². The molecule has 0 saturated heterocycles. The molecule has 196 valence electrons. The summed E-state index contributed by atoms with van der Waals surface area (Å²) in [6, 6.07) is 0. The fourth-order valence-electron chi connectivity index (χ4n) is 3.17. The number of ketones is 6. The Bertz CT molecular complexity index is 653. The molecule has 0 heterocycles. The van der Waals surface area contributed by atoms with Gasteiger partial charge in [-0.2, -0.15) is 0 Å². The Morgan fingerprint density at radius 2 is 0.735 bits per heavy atom. The summed E-state index contributed by atoms with van der Waals surface area (Å²) in [5.41, 5.74) is -4.98. The van der Waals surface area contributed by atoms with Crippen molar-refractivity contribution in [3.05, 3.63) is 0 Å². The van der Waals surface area contributed by atoms with E-state index in [0.29, 0.717) is 25.7 Å². The maximum atomic E-state index is 11.7. The molecule has 0 aromatic carbocycles. The van der Waals surface area contributed by atoms with Crippen LogP contribution in [0.15, 0.2) is 0 Å². The van der Waals surface area contributed by atoms with Gasteiger partial charge in [-0.1, -0.05) is 41.5 Å². The second-order valence-electron chi connectivity index (χ2n) is 7.39. The molecule has 0 aromatic heterocycles. The Balaban J connectivity index is -0.000000250. The second kappa shape index (κ2) is 16.6. The Morgan fingerprint density at radius 1 is 0.529 bits per heavy atom. The van der Waals surface area contributed by atoms with Crippen LogP contribution in [0.5, 0.6) is 0 Å². The Morgan fingerprint density at radius 3 is 0.853 bits per heavy atom. The van der Waals surface area contributed by atoms with Gasteiger partial charge in [-0.15, -0.1) is 0 Å². The normalized spacial score (nSPS) is 10.3. The molecule has 0 radical (unpaired) electrons. The van der Waals surface area contributed by atoms with E-state index in [4.69, 9.17) is 10.2 Å². The van der Waals surface area contributed by atoms with E-state index < -0.39 is 57.5 Å². The van der Waals surface area contributed by atoms with Crippen molar-refractivity contribution in [2.45, 2.75) is 94.9 Å². The summed E-state index contributed by atoms with van der Waals surface area (Å²) in [4.78, 5) is 90.9. The van der Waals surface area contributed by atoms with Crippen LogP contribution in [0.25, 0.3) is 0 Å². The first-order valence-electron chi connectivity index (χ1n) is 10.2. The Hall–Kier alpha value is -3.04. The molecule has 2 N–H and O–H groups in total. The van der Waals surface area contributed by atoms with E-state index in [1.807, 2.05) is 13.8 Å². The van der Waals surface area contributed by atoms with Gasteiger partial charge in [-0.25, -0.2) is 0 Å². The number of carboxylic acids is 2. The third kappa shape index (κ3) is 8.07. The standard InChI is InChI=1S/2C11H16O5.2CH4/c2*1-4-5-6-9(14)11(7(2)12,8(3)13)10(15)16;;/h2*4-6H2,1-3H3,(H,15,16);2*1H4. The largest absolute Gasteiger partial charge is 0.480 e. The van der Waals surface area contributed by atoms with E-state index >= 15 is 0 Å². The van der Waals surface area contributed by atoms with Gasteiger partial charge >= 0.3 is 11.9 Å². The van der Waals surface area contributed by atoms with E-state index in [1.54, 1.807) is 0 Å². The van der Waals surface area contributed by atoms with Crippen molar-refractivity contribution in [2.24, 2.45) is 10.8 Å². The molecule has 0 fully saturated rings. The van der Waals surface area contributed by atoms with Crippen LogP contribution in [0.2, 0.25) is 0 Å². The van der Waals surface area contributed by atoms with Gasteiger partial charge in [0.25, 0.3) is 0 Å². The van der Waals surface area contributed by atoms with Crippen LogP contribution in [-0.2, 0) is 38.4 Å². The van der Waals surface area contributed by atoms with Gasteiger partial charge in [-0.05, 0) is 40.5 Å². The topological polar surface area (TPSA) is 177 Å². The molecule has 0 saturated carbocycles.